The molecule has 0 aromatic carbocycles. The number of fused-ring (bicyclic) bond motifs is 2. The Morgan fingerprint density at radius 3 is 1.43 bits per heavy atom. The van der Waals surface area contributed by atoms with Crippen LogP contribution in [0.2, 0.25) is 0 Å². The van der Waals surface area contributed by atoms with E-state index in [0.29, 0.717) is 0 Å². The van der Waals surface area contributed by atoms with Gasteiger partial charge in [-0.15, -0.1) is 0 Å². The molecule has 0 aromatic rings. The summed E-state index contributed by atoms with van der Waals surface area (Å²) >= 11 is 0. The van der Waals surface area contributed by atoms with Crippen molar-refractivity contribution in [2.24, 2.45) is 0 Å². The van der Waals surface area contributed by atoms with Crippen LogP contribution in [0.25, 0.3) is 0 Å². The minimum absolute atomic E-state index is 1.19. The Morgan fingerprint density at radius 2 is 0.929 bits per heavy atom. The molecule has 3 heterocycles. The van der Waals surface area contributed by atoms with E-state index >= 15 is 0 Å². The van der Waals surface area contributed by atoms with Crippen molar-refractivity contribution in [2.75, 3.05) is 26.2 Å². The van der Waals surface area contributed by atoms with E-state index in [9.17, 15) is 0 Å². The highest BCUT2D eigenvalue weighted by Gasteiger charge is 2.11. The quantitative estimate of drug-likeness (QED) is 0.368. The van der Waals surface area contributed by atoms with Gasteiger partial charge in [0.2, 0.25) is 0 Å². The second kappa shape index (κ2) is 12.7. The first-order chi connectivity index (χ1) is 13.9. The molecule has 0 aromatic heterocycles. The van der Waals surface area contributed by atoms with Gasteiger partial charge in [-0.2, -0.15) is 0 Å². The Morgan fingerprint density at radius 1 is 0.464 bits per heavy atom. The molecule has 0 saturated carbocycles. The molecule has 3 rings (SSSR count). The Labute approximate surface area is 172 Å². The lowest BCUT2D eigenvalue weighted by molar-refractivity contribution is -0.524. The van der Waals surface area contributed by atoms with Gasteiger partial charge in [-0.25, -0.2) is 9.15 Å². The van der Waals surface area contributed by atoms with Crippen LogP contribution in [-0.4, -0.2) is 47.8 Å². The van der Waals surface area contributed by atoms with Crippen LogP contribution in [0.15, 0.2) is 47.6 Å². The van der Waals surface area contributed by atoms with Crippen LogP contribution in [0, 0.1) is 0 Å². The summed E-state index contributed by atoms with van der Waals surface area (Å²) in [4.78, 5) is 0. The average Bonchev–Trinajstić information content (AvgIpc) is 2.72. The highest BCUT2D eigenvalue weighted by Crippen LogP contribution is 2.12. The lowest BCUT2D eigenvalue weighted by atomic mass is 10.1. The van der Waals surface area contributed by atoms with Crippen molar-refractivity contribution in [3.63, 3.8) is 0 Å². The minimum Gasteiger partial charge on any atom is -0.235 e. The molecule has 0 fully saturated rings. The zero-order chi connectivity index (χ0) is 19.3. The van der Waals surface area contributed by atoms with Gasteiger partial charge in [0, 0.05) is 36.8 Å². The van der Waals surface area contributed by atoms with E-state index in [1.165, 1.54) is 103 Å². The molecule has 0 amide bonds. The number of nitrogens with zero attached hydrogens (tertiary/aromatic N) is 2. The fourth-order valence-electron chi connectivity index (χ4n) is 4.35. The molecule has 0 aliphatic carbocycles. The van der Waals surface area contributed by atoms with Crippen LogP contribution in [0.5, 0.6) is 0 Å². The van der Waals surface area contributed by atoms with E-state index < -0.39 is 0 Å². The second-order valence-electron chi connectivity index (χ2n) is 8.48. The zero-order valence-corrected chi connectivity index (χ0v) is 17.8. The predicted molar refractivity (Wildman–Crippen MR) is 122 cm³/mol. The molecule has 2 nitrogen and oxygen atoms in total. The van der Waals surface area contributed by atoms with E-state index in [1.807, 2.05) is 0 Å². The van der Waals surface area contributed by atoms with Crippen molar-refractivity contribution in [3.8, 4) is 0 Å². The Kier molecular flexibility index (Phi) is 9.53. The second-order valence-corrected chi connectivity index (χ2v) is 8.48. The summed E-state index contributed by atoms with van der Waals surface area (Å²) in [6.45, 7) is 4.85. The van der Waals surface area contributed by atoms with Crippen LogP contribution >= 0.6 is 0 Å². The van der Waals surface area contributed by atoms with Crippen molar-refractivity contribution < 1.29 is 9.15 Å². The summed E-state index contributed by atoms with van der Waals surface area (Å²) in [5.41, 5.74) is 3.09. The molecule has 4 bridgehead atoms. The monoisotopic (exact) mass is 380 g/mol. The SMILES string of the molecule is C1=C2C=[N+](CC1)CCCC/C=C\CCC1=CCC[N+](=C1)CCCC/C=C\CC2. The number of allylic oxidation sites excluding steroid dienone is 6. The Balaban J connectivity index is 1.51. The first kappa shape index (κ1) is 21.0. The maximum absolute atomic E-state index is 2.55. The minimum atomic E-state index is 1.19. The highest BCUT2D eigenvalue weighted by atomic mass is 15.0. The molecule has 2 heteroatoms. The molecule has 0 saturated heterocycles. The van der Waals surface area contributed by atoms with Crippen LogP contribution < -0.4 is 0 Å². The third-order valence-electron chi connectivity index (χ3n) is 6.01. The lowest BCUT2D eigenvalue weighted by Gasteiger charge is -2.10. The van der Waals surface area contributed by atoms with E-state index in [-0.39, 0.29) is 0 Å². The third kappa shape index (κ3) is 8.12. The van der Waals surface area contributed by atoms with Crippen LogP contribution in [0.4, 0.5) is 0 Å². The smallest absolute Gasteiger partial charge is 0.166 e. The number of rotatable bonds is 0. The van der Waals surface area contributed by atoms with Gasteiger partial charge in [-0.3, -0.25) is 0 Å². The highest BCUT2D eigenvalue weighted by molar-refractivity contribution is 5.75. The van der Waals surface area contributed by atoms with E-state index in [0.717, 1.165) is 0 Å². The first-order valence-electron chi connectivity index (χ1n) is 11.8. The number of hydrogen-bond donors (Lipinski definition) is 0. The largest absolute Gasteiger partial charge is 0.235 e. The first-order valence-corrected chi connectivity index (χ1v) is 11.8. The van der Waals surface area contributed by atoms with Crippen molar-refractivity contribution in [1.82, 2.24) is 0 Å². The average molecular weight is 381 g/mol. The summed E-state index contributed by atoms with van der Waals surface area (Å²) in [5, 5.41) is 0. The van der Waals surface area contributed by atoms with Crippen molar-refractivity contribution in [3.05, 3.63) is 47.6 Å². The summed E-state index contributed by atoms with van der Waals surface area (Å²) in [6, 6.07) is 0. The normalized spacial score (nSPS) is 25.7. The molecule has 0 spiro atoms. The number of hydrogen-bond acceptors (Lipinski definition) is 0. The molecule has 0 unspecified atom stereocenters. The lowest BCUT2D eigenvalue weighted by Crippen LogP contribution is -2.20. The van der Waals surface area contributed by atoms with Crippen molar-refractivity contribution >= 4 is 12.4 Å². The molecule has 0 N–H and O–H groups in total. The Bertz CT molecular complexity index is 600. The van der Waals surface area contributed by atoms with Crippen molar-refractivity contribution in [1.29, 1.82) is 0 Å². The van der Waals surface area contributed by atoms with Crippen LogP contribution in [0.3, 0.4) is 0 Å². The summed E-state index contributed by atoms with van der Waals surface area (Å²) in [7, 11) is 0. The Hall–Kier alpha value is -1.70. The molecule has 0 radical (unpaired) electrons. The summed E-state index contributed by atoms with van der Waals surface area (Å²) < 4.78 is 5.10. The van der Waals surface area contributed by atoms with Gasteiger partial charge in [-0.05, 0) is 51.4 Å². The van der Waals surface area contributed by atoms with Gasteiger partial charge < -0.3 is 0 Å². The fourth-order valence-corrected chi connectivity index (χ4v) is 4.35. The fraction of sp³-hybridized carbons (Fsp3) is 0.615. The predicted octanol–water partition coefficient (Wildman–Crippen LogP) is 5.84. The zero-order valence-electron chi connectivity index (χ0n) is 17.8. The van der Waals surface area contributed by atoms with E-state index in [1.54, 1.807) is 11.1 Å². The van der Waals surface area contributed by atoms with Crippen molar-refractivity contribution in [2.45, 2.75) is 77.0 Å². The maximum atomic E-state index is 2.55. The van der Waals surface area contributed by atoms with E-state index in [2.05, 4.69) is 58.0 Å². The van der Waals surface area contributed by atoms with Gasteiger partial charge in [0.1, 0.15) is 26.2 Å². The molecular formula is C26H40N2+2. The standard InChI is InChI=1S/C26H40N2/c1-3-7-11-19-27-21-14-18-26(24-27)16-10-6-2-4-8-12-20-28-22-13-17-25(23-28)15-9-5-1/h1-2,5-6,17-18,23-24H,3-4,7-16,19-22H2/q+2/b5-1-,6-2-. The molecule has 0 atom stereocenters. The van der Waals surface area contributed by atoms with Gasteiger partial charge in [0.15, 0.2) is 12.4 Å². The topological polar surface area (TPSA) is 6.02 Å². The van der Waals surface area contributed by atoms with Gasteiger partial charge in [0.05, 0.1) is 0 Å². The molecule has 3 aliphatic rings. The molecular weight excluding hydrogens is 340 g/mol. The van der Waals surface area contributed by atoms with Crippen LogP contribution in [0.1, 0.15) is 77.0 Å². The van der Waals surface area contributed by atoms with Crippen LogP contribution in [-0.2, 0) is 0 Å². The summed E-state index contributed by atoms with van der Waals surface area (Å²) in [6.07, 6.45) is 34.3. The van der Waals surface area contributed by atoms with Gasteiger partial charge >= 0.3 is 0 Å². The molecule has 152 valence electrons. The molecule has 28 heavy (non-hydrogen) atoms. The van der Waals surface area contributed by atoms with Gasteiger partial charge in [-0.1, -0.05) is 36.5 Å². The maximum Gasteiger partial charge on any atom is 0.166 e. The third-order valence-corrected chi connectivity index (χ3v) is 6.01. The summed E-state index contributed by atoms with van der Waals surface area (Å²) in [5.74, 6) is 0. The van der Waals surface area contributed by atoms with E-state index in [4.69, 9.17) is 0 Å². The molecule has 3 aliphatic heterocycles. The van der Waals surface area contributed by atoms with Gasteiger partial charge in [0.25, 0.3) is 0 Å².